The fourth-order valence-electron chi connectivity index (χ4n) is 4.28. The fourth-order valence-corrected chi connectivity index (χ4v) is 5.19. The molecule has 6 nitrogen and oxygen atoms in total. The minimum atomic E-state index is -1.19. The van der Waals surface area contributed by atoms with Gasteiger partial charge in [0.05, 0.1) is 16.7 Å². The molecule has 3 aliphatic rings. The van der Waals surface area contributed by atoms with Gasteiger partial charge in [-0.15, -0.1) is 0 Å². The van der Waals surface area contributed by atoms with Gasteiger partial charge in [-0.1, -0.05) is 54.6 Å². The number of pyridine rings is 1. The number of hydrazone groups is 1. The first-order valence-corrected chi connectivity index (χ1v) is 10.9. The molecule has 1 amide bonds. The lowest BCUT2D eigenvalue weighted by Gasteiger charge is -2.45. The summed E-state index contributed by atoms with van der Waals surface area (Å²) in [6.07, 6.45) is 6.16. The Morgan fingerprint density at radius 1 is 1.10 bits per heavy atom. The van der Waals surface area contributed by atoms with Gasteiger partial charge in [-0.3, -0.25) is 15.1 Å². The summed E-state index contributed by atoms with van der Waals surface area (Å²) < 4.78 is 6.51. The summed E-state index contributed by atoms with van der Waals surface area (Å²) in [5.41, 5.74) is 4.00. The van der Waals surface area contributed by atoms with E-state index in [1.165, 1.54) is 0 Å². The number of hydrogen-bond donors (Lipinski definition) is 1. The summed E-state index contributed by atoms with van der Waals surface area (Å²) in [6, 6.07) is 21.9. The largest absolute Gasteiger partial charge is 0.444 e. The number of carbonyl (C=O) groups excluding carboxylic acids is 1. The van der Waals surface area contributed by atoms with Crippen molar-refractivity contribution in [2.24, 2.45) is 5.10 Å². The van der Waals surface area contributed by atoms with E-state index in [-0.39, 0.29) is 11.3 Å². The Hall–Kier alpha value is -3.58. The number of nitrogens with zero attached hydrogens (tertiary/aromatic N) is 3. The van der Waals surface area contributed by atoms with Crippen LogP contribution in [0.3, 0.4) is 0 Å². The summed E-state index contributed by atoms with van der Waals surface area (Å²) in [5, 5.41) is 9.78. The molecule has 6 rings (SSSR count). The van der Waals surface area contributed by atoms with Gasteiger partial charge in [0.2, 0.25) is 0 Å². The van der Waals surface area contributed by atoms with Gasteiger partial charge in [-0.05, 0) is 41.1 Å². The first kappa shape index (κ1) is 18.2. The number of amides is 1. The van der Waals surface area contributed by atoms with Crippen molar-refractivity contribution in [2.75, 3.05) is 0 Å². The van der Waals surface area contributed by atoms with Gasteiger partial charge in [0.1, 0.15) is 5.75 Å². The summed E-state index contributed by atoms with van der Waals surface area (Å²) in [7, 11) is 0. The van der Waals surface area contributed by atoms with Gasteiger partial charge in [0, 0.05) is 24.4 Å². The maximum atomic E-state index is 12.6. The molecule has 7 heteroatoms. The van der Waals surface area contributed by atoms with Crippen molar-refractivity contribution in [2.45, 2.75) is 18.3 Å². The normalized spacial score (nSPS) is 25.1. The number of carbonyl (C=O) groups is 1. The molecule has 2 atom stereocenters. The van der Waals surface area contributed by atoms with E-state index in [1.54, 1.807) is 12.4 Å². The van der Waals surface area contributed by atoms with Crippen molar-refractivity contribution < 1.29 is 9.53 Å². The van der Waals surface area contributed by atoms with Crippen LogP contribution < -0.4 is 10.1 Å². The highest BCUT2D eigenvalue weighted by atomic mass is 32.2. The van der Waals surface area contributed by atoms with Crippen LogP contribution >= 0.6 is 11.8 Å². The van der Waals surface area contributed by atoms with Crippen LogP contribution in [-0.4, -0.2) is 26.8 Å². The number of hydrogen-bond acceptors (Lipinski definition) is 6. The van der Waals surface area contributed by atoms with Crippen molar-refractivity contribution >= 4 is 28.8 Å². The standard InChI is InChI=1S/C24H18N4O2S/c29-23-26-24(22(31-23)13-16-7-6-12-25-15-16)28-20(18-10-4-5-11-21(18)30-24)14-19(27-28)17-8-2-1-3-9-17/h1-13,15,20H,14H2,(H,26,29)/b22-13-/t20-,24-/m1/s1. The number of rotatable bonds is 2. The van der Waals surface area contributed by atoms with E-state index in [2.05, 4.69) is 28.5 Å². The molecule has 1 spiro atoms. The molecular formula is C24H18N4O2S. The van der Waals surface area contributed by atoms with Gasteiger partial charge in [-0.25, -0.2) is 5.01 Å². The molecule has 31 heavy (non-hydrogen) atoms. The lowest BCUT2D eigenvalue weighted by atomic mass is 9.96. The molecule has 0 saturated carbocycles. The third kappa shape index (κ3) is 2.92. The Bertz CT molecular complexity index is 1230. The zero-order valence-electron chi connectivity index (χ0n) is 16.4. The molecule has 1 fully saturated rings. The number of nitrogens with one attached hydrogen (secondary N) is 1. The third-order valence-corrected chi connectivity index (χ3v) is 6.57. The maximum absolute atomic E-state index is 12.6. The Balaban J connectivity index is 1.52. The predicted octanol–water partition coefficient (Wildman–Crippen LogP) is 4.78. The maximum Gasteiger partial charge on any atom is 0.314 e. The van der Waals surface area contributed by atoms with Crippen LogP contribution in [0.5, 0.6) is 5.75 Å². The molecule has 0 aliphatic carbocycles. The second-order valence-corrected chi connectivity index (χ2v) is 8.59. The molecule has 3 aliphatic heterocycles. The summed E-state index contributed by atoms with van der Waals surface area (Å²) >= 11 is 1.13. The van der Waals surface area contributed by atoms with E-state index in [1.807, 2.05) is 59.6 Å². The Kier molecular flexibility index (Phi) is 4.11. The van der Waals surface area contributed by atoms with Crippen molar-refractivity contribution in [3.8, 4) is 5.75 Å². The van der Waals surface area contributed by atoms with Gasteiger partial charge < -0.3 is 4.74 Å². The highest BCUT2D eigenvalue weighted by Crippen LogP contribution is 2.52. The van der Waals surface area contributed by atoms with Crippen molar-refractivity contribution in [1.29, 1.82) is 0 Å². The minimum Gasteiger partial charge on any atom is -0.444 e. The van der Waals surface area contributed by atoms with Crippen molar-refractivity contribution in [1.82, 2.24) is 15.3 Å². The fraction of sp³-hybridized carbons (Fsp3) is 0.125. The molecule has 1 N–H and O–H groups in total. The van der Waals surface area contributed by atoms with E-state index < -0.39 is 5.85 Å². The number of benzene rings is 2. The second kappa shape index (κ2) is 6.99. The monoisotopic (exact) mass is 426 g/mol. The first-order valence-electron chi connectivity index (χ1n) is 10.1. The number of para-hydroxylation sites is 1. The molecule has 3 aromatic rings. The van der Waals surface area contributed by atoms with Crippen LogP contribution in [0.15, 0.2) is 89.1 Å². The topological polar surface area (TPSA) is 66.8 Å². The smallest absolute Gasteiger partial charge is 0.314 e. The molecule has 152 valence electrons. The molecule has 1 saturated heterocycles. The molecule has 4 heterocycles. The third-order valence-electron chi connectivity index (χ3n) is 5.67. The van der Waals surface area contributed by atoms with E-state index in [0.29, 0.717) is 0 Å². The van der Waals surface area contributed by atoms with E-state index in [0.717, 1.165) is 51.2 Å². The Morgan fingerprint density at radius 2 is 1.94 bits per heavy atom. The lowest BCUT2D eigenvalue weighted by Crippen LogP contribution is -2.61. The van der Waals surface area contributed by atoms with Crippen molar-refractivity contribution in [3.63, 3.8) is 0 Å². The van der Waals surface area contributed by atoms with Gasteiger partial charge >= 0.3 is 5.85 Å². The highest BCUT2D eigenvalue weighted by molar-refractivity contribution is 8.17. The quantitative estimate of drug-likeness (QED) is 0.639. The molecule has 1 aromatic heterocycles. The second-order valence-electron chi connectivity index (χ2n) is 7.57. The Morgan fingerprint density at radius 3 is 2.77 bits per heavy atom. The molecular weight excluding hydrogens is 408 g/mol. The number of ether oxygens (including phenoxy) is 1. The zero-order chi connectivity index (χ0) is 20.8. The lowest BCUT2D eigenvalue weighted by molar-refractivity contribution is -0.0949. The summed E-state index contributed by atoms with van der Waals surface area (Å²) in [5.74, 6) is -0.430. The summed E-state index contributed by atoms with van der Waals surface area (Å²) in [4.78, 5) is 17.5. The van der Waals surface area contributed by atoms with Crippen LogP contribution in [0.2, 0.25) is 0 Å². The highest BCUT2D eigenvalue weighted by Gasteiger charge is 2.58. The van der Waals surface area contributed by atoms with E-state index in [9.17, 15) is 4.79 Å². The molecule has 0 radical (unpaired) electrons. The van der Waals surface area contributed by atoms with Gasteiger partial charge in [0.25, 0.3) is 5.24 Å². The van der Waals surface area contributed by atoms with Crippen LogP contribution in [0.25, 0.3) is 6.08 Å². The van der Waals surface area contributed by atoms with Crippen LogP contribution in [0, 0.1) is 0 Å². The van der Waals surface area contributed by atoms with Crippen LogP contribution in [0.4, 0.5) is 4.79 Å². The number of thioether (sulfide) groups is 1. The SMILES string of the molecule is O=C1N[C@]2(Oc3ccccc3[C@H]3CC(c4ccccc4)=NN32)/C(=C/c2cccnc2)S1. The van der Waals surface area contributed by atoms with Crippen LogP contribution in [0.1, 0.15) is 29.2 Å². The Labute approximate surface area is 183 Å². The average Bonchev–Trinajstić information content (AvgIpc) is 3.38. The van der Waals surface area contributed by atoms with E-state index in [4.69, 9.17) is 9.84 Å². The number of fused-ring (bicyclic) bond motifs is 4. The molecule has 0 unspecified atom stereocenters. The average molecular weight is 427 g/mol. The number of aromatic nitrogens is 1. The van der Waals surface area contributed by atoms with E-state index >= 15 is 0 Å². The predicted molar refractivity (Wildman–Crippen MR) is 120 cm³/mol. The minimum absolute atomic E-state index is 0.0449. The van der Waals surface area contributed by atoms with Crippen LogP contribution in [-0.2, 0) is 0 Å². The van der Waals surface area contributed by atoms with Crippen molar-refractivity contribution in [3.05, 3.63) is 101 Å². The zero-order valence-corrected chi connectivity index (χ0v) is 17.3. The van der Waals surface area contributed by atoms with Gasteiger partial charge in [0.15, 0.2) is 0 Å². The van der Waals surface area contributed by atoms with Gasteiger partial charge in [-0.2, -0.15) is 5.10 Å². The molecule has 2 aromatic carbocycles. The molecule has 0 bridgehead atoms. The first-order chi connectivity index (χ1) is 15.2. The summed E-state index contributed by atoms with van der Waals surface area (Å²) in [6.45, 7) is 0.